The number of hydrogen-bond acceptors (Lipinski definition) is 2. The number of rotatable bonds is 6. The Morgan fingerprint density at radius 1 is 1.38 bits per heavy atom. The zero-order valence-electron chi connectivity index (χ0n) is 11.0. The van der Waals surface area contributed by atoms with Crippen LogP contribution in [-0.2, 0) is 0 Å². The van der Waals surface area contributed by atoms with E-state index in [0.717, 1.165) is 6.42 Å². The molecule has 0 aliphatic heterocycles. The van der Waals surface area contributed by atoms with E-state index < -0.39 is 0 Å². The number of nitrogens with two attached hydrogens (primary N) is 1. The van der Waals surface area contributed by atoms with E-state index in [4.69, 9.17) is 5.73 Å². The second kappa shape index (κ2) is 6.04. The SMILES string of the molecule is CCCC(C)n1cncc1C(N)CC(C)C. The quantitative estimate of drug-likeness (QED) is 0.804. The van der Waals surface area contributed by atoms with Crippen LogP contribution in [0.2, 0.25) is 0 Å². The van der Waals surface area contributed by atoms with Crippen molar-refractivity contribution in [3.8, 4) is 0 Å². The lowest BCUT2D eigenvalue weighted by Gasteiger charge is -2.20. The Hall–Kier alpha value is -0.830. The van der Waals surface area contributed by atoms with E-state index in [1.54, 1.807) is 0 Å². The van der Waals surface area contributed by atoms with Gasteiger partial charge < -0.3 is 10.3 Å². The van der Waals surface area contributed by atoms with Crippen LogP contribution in [0.15, 0.2) is 12.5 Å². The highest BCUT2D eigenvalue weighted by atomic mass is 15.1. The fourth-order valence-electron chi connectivity index (χ4n) is 2.16. The summed E-state index contributed by atoms with van der Waals surface area (Å²) in [7, 11) is 0. The summed E-state index contributed by atoms with van der Waals surface area (Å²) < 4.78 is 2.23. The molecule has 92 valence electrons. The van der Waals surface area contributed by atoms with Crippen LogP contribution in [0.5, 0.6) is 0 Å². The molecule has 1 aromatic rings. The summed E-state index contributed by atoms with van der Waals surface area (Å²) in [6, 6.07) is 0.613. The van der Waals surface area contributed by atoms with Gasteiger partial charge in [0.05, 0.1) is 12.0 Å². The third-order valence-corrected chi connectivity index (χ3v) is 2.98. The Morgan fingerprint density at radius 3 is 2.62 bits per heavy atom. The molecular weight excluding hydrogens is 198 g/mol. The van der Waals surface area contributed by atoms with Crippen LogP contribution in [0.4, 0.5) is 0 Å². The molecular formula is C13H25N3. The average Bonchev–Trinajstić information content (AvgIpc) is 2.65. The molecule has 0 radical (unpaired) electrons. The Bertz CT molecular complexity index is 304. The summed E-state index contributed by atoms with van der Waals surface area (Å²) in [6.45, 7) is 8.85. The zero-order chi connectivity index (χ0) is 12.1. The third-order valence-electron chi connectivity index (χ3n) is 2.98. The van der Waals surface area contributed by atoms with E-state index in [9.17, 15) is 0 Å². The maximum Gasteiger partial charge on any atom is 0.0951 e. The van der Waals surface area contributed by atoms with Crippen LogP contribution >= 0.6 is 0 Å². The number of nitrogens with zero attached hydrogens (tertiary/aromatic N) is 2. The van der Waals surface area contributed by atoms with Crippen LogP contribution in [0.3, 0.4) is 0 Å². The topological polar surface area (TPSA) is 43.8 Å². The second-order valence-electron chi connectivity index (χ2n) is 5.10. The highest BCUT2D eigenvalue weighted by Crippen LogP contribution is 2.23. The molecule has 16 heavy (non-hydrogen) atoms. The van der Waals surface area contributed by atoms with Crippen molar-refractivity contribution < 1.29 is 0 Å². The largest absolute Gasteiger partial charge is 0.330 e. The van der Waals surface area contributed by atoms with Crippen molar-refractivity contribution in [1.29, 1.82) is 0 Å². The molecule has 3 heteroatoms. The minimum Gasteiger partial charge on any atom is -0.330 e. The molecule has 1 heterocycles. The molecule has 0 aliphatic rings. The van der Waals surface area contributed by atoms with Gasteiger partial charge in [0, 0.05) is 18.3 Å². The van der Waals surface area contributed by atoms with Gasteiger partial charge in [-0.25, -0.2) is 4.98 Å². The standard InChI is InChI=1S/C13H25N3/c1-5-6-11(4)16-9-15-8-13(16)12(14)7-10(2)3/h8-12H,5-7,14H2,1-4H3. The highest BCUT2D eigenvalue weighted by molar-refractivity contribution is 5.06. The van der Waals surface area contributed by atoms with E-state index in [1.807, 2.05) is 12.5 Å². The van der Waals surface area contributed by atoms with Crippen LogP contribution in [0.25, 0.3) is 0 Å². The monoisotopic (exact) mass is 223 g/mol. The summed E-state index contributed by atoms with van der Waals surface area (Å²) in [5.74, 6) is 0.625. The van der Waals surface area contributed by atoms with Gasteiger partial charge in [0.2, 0.25) is 0 Å². The van der Waals surface area contributed by atoms with Crippen LogP contribution in [0.1, 0.15) is 64.7 Å². The normalized spacial score (nSPS) is 15.4. The van der Waals surface area contributed by atoms with Crippen molar-refractivity contribution in [2.45, 2.75) is 59.0 Å². The van der Waals surface area contributed by atoms with Gasteiger partial charge in [-0.05, 0) is 25.7 Å². The molecule has 1 aromatic heterocycles. The Balaban J connectivity index is 2.76. The van der Waals surface area contributed by atoms with E-state index in [2.05, 4.69) is 37.2 Å². The van der Waals surface area contributed by atoms with Gasteiger partial charge in [0.1, 0.15) is 0 Å². The first kappa shape index (κ1) is 13.2. The molecule has 0 amide bonds. The first-order chi connectivity index (χ1) is 7.56. The van der Waals surface area contributed by atoms with Crippen molar-refractivity contribution in [2.75, 3.05) is 0 Å². The van der Waals surface area contributed by atoms with Crippen molar-refractivity contribution in [3.63, 3.8) is 0 Å². The predicted octanol–water partition coefficient (Wildman–Crippen LogP) is 3.29. The first-order valence-corrected chi connectivity index (χ1v) is 6.33. The molecule has 0 saturated carbocycles. The molecule has 0 aliphatic carbocycles. The number of hydrogen-bond donors (Lipinski definition) is 1. The molecule has 2 N–H and O–H groups in total. The van der Waals surface area contributed by atoms with Gasteiger partial charge in [-0.15, -0.1) is 0 Å². The fourth-order valence-corrected chi connectivity index (χ4v) is 2.16. The summed E-state index contributed by atoms with van der Waals surface area (Å²) in [5.41, 5.74) is 7.39. The molecule has 1 rings (SSSR count). The molecule has 0 aromatic carbocycles. The minimum atomic E-state index is 0.113. The van der Waals surface area contributed by atoms with Crippen LogP contribution in [0, 0.1) is 5.92 Å². The maximum atomic E-state index is 6.21. The van der Waals surface area contributed by atoms with Gasteiger partial charge >= 0.3 is 0 Å². The van der Waals surface area contributed by atoms with Crippen LogP contribution < -0.4 is 5.73 Å². The Kier molecular flexibility index (Phi) is 5.00. The molecule has 0 saturated heterocycles. The van der Waals surface area contributed by atoms with Crippen molar-refractivity contribution in [2.24, 2.45) is 11.7 Å². The lowest BCUT2D eigenvalue weighted by molar-refractivity contribution is 0.439. The van der Waals surface area contributed by atoms with Gasteiger partial charge in [0.15, 0.2) is 0 Å². The summed E-state index contributed by atoms with van der Waals surface area (Å²) >= 11 is 0. The van der Waals surface area contributed by atoms with Gasteiger partial charge in [-0.2, -0.15) is 0 Å². The summed E-state index contributed by atoms with van der Waals surface area (Å²) in [5, 5.41) is 0. The molecule has 2 atom stereocenters. The van der Waals surface area contributed by atoms with Crippen molar-refractivity contribution in [1.82, 2.24) is 9.55 Å². The minimum absolute atomic E-state index is 0.113. The molecule has 0 spiro atoms. The second-order valence-corrected chi connectivity index (χ2v) is 5.10. The van der Waals surface area contributed by atoms with Gasteiger partial charge in [-0.3, -0.25) is 0 Å². The van der Waals surface area contributed by atoms with Crippen LogP contribution in [-0.4, -0.2) is 9.55 Å². The molecule has 0 bridgehead atoms. The predicted molar refractivity (Wildman–Crippen MR) is 68.2 cm³/mol. The molecule has 0 fully saturated rings. The third kappa shape index (κ3) is 3.34. The number of imidazole rings is 1. The maximum absolute atomic E-state index is 6.21. The smallest absolute Gasteiger partial charge is 0.0951 e. The summed E-state index contributed by atoms with van der Waals surface area (Å²) in [4.78, 5) is 4.24. The lowest BCUT2D eigenvalue weighted by atomic mass is 10.0. The fraction of sp³-hybridized carbons (Fsp3) is 0.769. The van der Waals surface area contributed by atoms with Crippen molar-refractivity contribution >= 4 is 0 Å². The summed E-state index contributed by atoms with van der Waals surface area (Å²) in [6.07, 6.45) is 7.22. The highest BCUT2D eigenvalue weighted by Gasteiger charge is 2.15. The molecule has 2 unspecified atom stereocenters. The van der Waals surface area contributed by atoms with E-state index in [1.165, 1.54) is 18.5 Å². The Morgan fingerprint density at radius 2 is 2.06 bits per heavy atom. The zero-order valence-corrected chi connectivity index (χ0v) is 11.0. The first-order valence-electron chi connectivity index (χ1n) is 6.33. The lowest BCUT2D eigenvalue weighted by Crippen LogP contribution is -2.19. The van der Waals surface area contributed by atoms with E-state index >= 15 is 0 Å². The van der Waals surface area contributed by atoms with Crippen molar-refractivity contribution in [3.05, 3.63) is 18.2 Å². The molecule has 3 nitrogen and oxygen atoms in total. The van der Waals surface area contributed by atoms with Gasteiger partial charge in [-0.1, -0.05) is 27.2 Å². The average molecular weight is 223 g/mol. The van der Waals surface area contributed by atoms with E-state index in [-0.39, 0.29) is 6.04 Å². The Labute approximate surface area is 99.1 Å². The van der Waals surface area contributed by atoms with Gasteiger partial charge in [0.25, 0.3) is 0 Å². The number of aromatic nitrogens is 2. The van der Waals surface area contributed by atoms with E-state index in [0.29, 0.717) is 12.0 Å².